The highest BCUT2D eigenvalue weighted by molar-refractivity contribution is 9.10. The summed E-state index contributed by atoms with van der Waals surface area (Å²) in [6.45, 7) is 0.0814. The lowest BCUT2D eigenvalue weighted by Gasteiger charge is -2.18. The van der Waals surface area contributed by atoms with Gasteiger partial charge in [-0.15, -0.1) is 0 Å². The number of nitrogens with one attached hydrogen (secondary N) is 1. The number of fused-ring (bicyclic) bond motifs is 1. The summed E-state index contributed by atoms with van der Waals surface area (Å²) in [4.78, 5) is 12.2. The van der Waals surface area contributed by atoms with E-state index in [9.17, 15) is 13.6 Å². The Balaban J connectivity index is 1.82. The molecule has 0 saturated heterocycles. The van der Waals surface area contributed by atoms with Crippen LogP contribution in [-0.2, 0) is 4.79 Å². The van der Waals surface area contributed by atoms with Crippen LogP contribution < -0.4 is 10.1 Å². The molecule has 112 valence electrons. The fraction of sp³-hybridized carbons (Fsp3) is 0.0625. The maximum Gasteiger partial charge on any atom is 0.255 e. The first-order chi connectivity index (χ1) is 10.5. The standard InChI is InChI=1S/C16H10BrF2NO2/c17-11-2-1-9-5-10(8-22-15(9)6-11)16(21)20-14-4-3-12(18)7-13(14)19/h1-7H,8H2,(H,20,21). The Morgan fingerprint density at radius 1 is 1.18 bits per heavy atom. The van der Waals surface area contributed by atoms with Gasteiger partial charge in [0.25, 0.3) is 5.91 Å². The summed E-state index contributed by atoms with van der Waals surface area (Å²) in [6, 6.07) is 8.42. The van der Waals surface area contributed by atoms with Crippen molar-refractivity contribution in [2.45, 2.75) is 0 Å². The summed E-state index contributed by atoms with van der Waals surface area (Å²) >= 11 is 3.34. The summed E-state index contributed by atoms with van der Waals surface area (Å²) in [5, 5.41) is 2.41. The van der Waals surface area contributed by atoms with E-state index in [0.29, 0.717) is 17.4 Å². The summed E-state index contributed by atoms with van der Waals surface area (Å²) in [7, 11) is 0. The van der Waals surface area contributed by atoms with Gasteiger partial charge in [0.15, 0.2) is 0 Å². The number of hydrogen-bond donors (Lipinski definition) is 1. The Morgan fingerprint density at radius 3 is 2.77 bits per heavy atom. The quantitative estimate of drug-likeness (QED) is 0.868. The lowest BCUT2D eigenvalue weighted by molar-refractivity contribution is -0.113. The normalized spacial score (nSPS) is 13.0. The van der Waals surface area contributed by atoms with Gasteiger partial charge >= 0.3 is 0 Å². The number of carbonyl (C=O) groups is 1. The maximum atomic E-state index is 13.6. The van der Waals surface area contributed by atoms with E-state index in [-0.39, 0.29) is 12.3 Å². The molecule has 2 aromatic carbocycles. The van der Waals surface area contributed by atoms with Gasteiger partial charge in [0.05, 0.1) is 11.3 Å². The molecule has 0 aromatic heterocycles. The molecule has 1 aliphatic rings. The zero-order valence-corrected chi connectivity index (χ0v) is 12.8. The van der Waals surface area contributed by atoms with Crippen LogP contribution in [-0.4, -0.2) is 12.5 Å². The van der Waals surface area contributed by atoms with Crippen molar-refractivity contribution in [2.75, 3.05) is 11.9 Å². The van der Waals surface area contributed by atoms with Gasteiger partial charge < -0.3 is 10.1 Å². The Morgan fingerprint density at radius 2 is 2.00 bits per heavy atom. The zero-order valence-electron chi connectivity index (χ0n) is 11.2. The van der Waals surface area contributed by atoms with Crippen LogP contribution in [0.5, 0.6) is 5.75 Å². The monoisotopic (exact) mass is 365 g/mol. The molecule has 0 fully saturated rings. The summed E-state index contributed by atoms with van der Waals surface area (Å²) in [6.07, 6.45) is 1.68. The highest BCUT2D eigenvalue weighted by Crippen LogP contribution is 2.29. The fourth-order valence-electron chi connectivity index (χ4n) is 2.06. The molecular weight excluding hydrogens is 356 g/mol. The van der Waals surface area contributed by atoms with E-state index in [0.717, 1.165) is 16.1 Å². The third kappa shape index (κ3) is 3.01. The minimum absolute atomic E-state index is 0.0751. The molecule has 0 atom stereocenters. The fourth-order valence-corrected chi connectivity index (χ4v) is 2.40. The topological polar surface area (TPSA) is 38.3 Å². The number of carbonyl (C=O) groups excluding carboxylic acids is 1. The van der Waals surface area contributed by atoms with E-state index in [4.69, 9.17) is 4.74 Å². The molecule has 0 bridgehead atoms. The van der Waals surface area contributed by atoms with E-state index in [1.165, 1.54) is 6.07 Å². The van der Waals surface area contributed by atoms with Crippen molar-refractivity contribution in [3.05, 3.63) is 63.6 Å². The summed E-state index contributed by atoms with van der Waals surface area (Å²) in [5.74, 6) is -1.34. The molecule has 2 aromatic rings. The van der Waals surface area contributed by atoms with E-state index >= 15 is 0 Å². The lowest BCUT2D eigenvalue weighted by atomic mass is 10.1. The van der Waals surface area contributed by atoms with Gasteiger partial charge in [-0.05, 0) is 30.3 Å². The van der Waals surface area contributed by atoms with E-state index in [2.05, 4.69) is 21.2 Å². The predicted octanol–water partition coefficient (Wildman–Crippen LogP) is 4.14. The number of halogens is 3. The second-order valence-electron chi connectivity index (χ2n) is 4.72. The summed E-state index contributed by atoms with van der Waals surface area (Å²) < 4.78 is 32.8. The molecule has 0 saturated carbocycles. The van der Waals surface area contributed by atoms with Gasteiger partial charge in [-0.1, -0.05) is 22.0 Å². The molecule has 3 rings (SSSR count). The van der Waals surface area contributed by atoms with Gasteiger partial charge in [0.1, 0.15) is 24.0 Å². The Hall–Kier alpha value is -2.21. The lowest BCUT2D eigenvalue weighted by Crippen LogP contribution is -2.21. The molecule has 0 radical (unpaired) electrons. The molecule has 1 aliphatic heterocycles. The Labute approximate surface area is 133 Å². The largest absolute Gasteiger partial charge is 0.488 e. The van der Waals surface area contributed by atoms with Gasteiger partial charge in [-0.2, -0.15) is 0 Å². The molecule has 6 heteroatoms. The van der Waals surface area contributed by atoms with Crippen LogP contribution in [0.3, 0.4) is 0 Å². The number of amides is 1. The van der Waals surface area contributed by atoms with Crippen molar-refractivity contribution in [1.29, 1.82) is 0 Å². The summed E-state index contributed by atoms with van der Waals surface area (Å²) in [5.41, 5.74) is 1.05. The Bertz CT molecular complexity index is 790. The number of rotatable bonds is 2. The molecule has 1 N–H and O–H groups in total. The van der Waals surface area contributed by atoms with Gasteiger partial charge in [0.2, 0.25) is 0 Å². The number of hydrogen-bond acceptors (Lipinski definition) is 2. The predicted molar refractivity (Wildman–Crippen MR) is 82.6 cm³/mol. The Kier molecular flexibility index (Phi) is 3.94. The van der Waals surface area contributed by atoms with Crippen LogP contribution in [0.15, 0.2) is 46.4 Å². The molecular formula is C16H10BrF2NO2. The highest BCUT2D eigenvalue weighted by atomic mass is 79.9. The van der Waals surface area contributed by atoms with Crippen LogP contribution in [0, 0.1) is 11.6 Å². The van der Waals surface area contributed by atoms with Crippen LogP contribution in [0.2, 0.25) is 0 Å². The van der Waals surface area contributed by atoms with Crippen molar-refractivity contribution in [1.82, 2.24) is 0 Å². The van der Waals surface area contributed by atoms with Crippen LogP contribution in [0.1, 0.15) is 5.56 Å². The van der Waals surface area contributed by atoms with Gasteiger partial charge in [0, 0.05) is 16.1 Å². The second kappa shape index (κ2) is 5.88. The molecule has 0 aliphatic carbocycles. The van der Waals surface area contributed by atoms with Crippen molar-refractivity contribution < 1.29 is 18.3 Å². The first-order valence-corrected chi connectivity index (χ1v) is 7.21. The third-order valence-electron chi connectivity index (χ3n) is 3.16. The van der Waals surface area contributed by atoms with Gasteiger partial charge in [-0.25, -0.2) is 8.78 Å². The maximum absolute atomic E-state index is 13.6. The van der Waals surface area contributed by atoms with Crippen molar-refractivity contribution in [3.8, 4) is 5.75 Å². The minimum Gasteiger partial charge on any atom is -0.488 e. The van der Waals surface area contributed by atoms with Crippen molar-refractivity contribution >= 4 is 33.6 Å². The van der Waals surface area contributed by atoms with Crippen LogP contribution in [0.4, 0.5) is 14.5 Å². The average Bonchev–Trinajstić information content (AvgIpc) is 2.49. The SMILES string of the molecule is O=C(Nc1ccc(F)cc1F)C1=Cc2ccc(Br)cc2OC1. The highest BCUT2D eigenvalue weighted by Gasteiger charge is 2.18. The molecule has 3 nitrogen and oxygen atoms in total. The van der Waals surface area contributed by atoms with Crippen molar-refractivity contribution in [3.63, 3.8) is 0 Å². The molecule has 0 unspecified atom stereocenters. The van der Waals surface area contributed by atoms with Crippen LogP contribution >= 0.6 is 15.9 Å². The van der Waals surface area contributed by atoms with Gasteiger partial charge in [-0.3, -0.25) is 4.79 Å². The molecule has 0 spiro atoms. The van der Waals surface area contributed by atoms with Crippen LogP contribution in [0.25, 0.3) is 6.08 Å². The third-order valence-corrected chi connectivity index (χ3v) is 3.65. The first-order valence-electron chi connectivity index (χ1n) is 6.42. The van der Waals surface area contributed by atoms with E-state index in [1.807, 2.05) is 12.1 Å². The second-order valence-corrected chi connectivity index (χ2v) is 5.63. The molecule has 1 amide bonds. The molecule has 22 heavy (non-hydrogen) atoms. The molecule has 1 heterocycles. The van der Waals surface area contributed by atoms with E-state index < -0.39 is 17.5 Å². The number of benzene rings is 2. The number of anilines is 1. The first kappa shape index (κ1) is 14.7. The minimum atomic E-state index is -0.824. The number of ether oxygens (including phenoxy) is 1. The van der Waals surface area contributed by atoms with Crippen molar-refractivity contribution in [2.24, 2.45) is 0 Å². The van der Waals surface area contributed by atoms with E-state index in [1.54, 1.807) is 12.1 Å². The average molecular weight is 366 g/mol. The zero-order chi connectivity index (χ0) is 15.7. The smallest absolute Gasteiger partial charge is 0.255 e.